The molecule has 1 spiro atoms. The van der Waals surface area contributed by atoms with Gasteiger partial charge in [0.1, 0.15) is 0 Å². The Bertz CT molecular complexity index is 243. The molecule has 3 rings (SSSR count). The summed E-state index contributed by atoms with van der Waals surface area (Å²) in [5, 5.41) is 0. The Morgan fingerprint density at radius 2 is 1.75 bits per heavy atom. The number of rotatable bonds is 2. The molecule has 0 atom stereocenters. The Morgan fingerprint density at radius 3 is 2.19 bits per heavy atom. The highest BCUT2D eigenvalue weighted by atomic mass is 16.5. The summed E-state index contributed by atoms with van der Waals surface area (Å²) in [6.45, 7) is 8.33. The first-order valence-electron chi connectivity index (χ1n) is 7.07. The normalized spacial score (nSPS) is 38.4. The molecule has 16 heavy (non-hydrogen) atoms. The van der Waals surface area contributed by atoms with Crippen molar-refractivity contribution >= 4 is 0 Å². The maximum atomic E-state index is 5.77. The zero-order valence-electron chi connectivity index (χ0n) is 10.7. The molecule has 3 fully saturated rings. The Morgan fingerprint density at radius 1 is 1.12 bits per heavy atom. The summed E-state index contributed by atoms with van der Waals surface area (Å²) in [6, 6.07) is 0.907. The molecule has 0 amide bonds. The van der Waals surface area contributed by atoms with E-state index in [1.54, 1.807) is 0 Å². The van der Waals surface area contributed by atoms with Crippen molar-refractivity contribution in [2.45, 2.75) is 57.6 Å². The zero-order chi connectivity index (χ0) is 11.2. The maximum Gasteiger partial charge on any atom is 0.0728 e. The second-order valence-electron chi connectivity index (χ2n) is 6.45. The Kier molecular flexibility index (Phi) is 2.75. The number of likely N-dealkylation sites (tertiary alicyclic amines) is 1. The molecule has 3 aliphatic rings. The Hall–Kier alpha value is -0.0800. The fourth-order valence-electron chi connectivity index (χ4n) is 3.55. The van der Waals surface area contributed by atoms with Crippen LogP contribution in [0.15, 0.2) is 0 Å². The van der Waals surface area contributed by atoms with Crippen molar-refractivity contribution in [2.75, 3.05) is 19.7 Å². The minimum atomic E-state index is 0.331. The van der Waals surface area contributed by atoms with Gasteiger partial charge in [-0.1, -0.05) is 13.8 Å². The van der Waals surface area contributed by atoms with Crippen LogP contribution in [0.5, 0.6) is 0 Å². The van der Waals surface area contributed by atoms with Crippen LogP contribution in [0.3, 0.4) is 0 Å². The third-order valence-corrected chi connectivity index (χ3v) is 5.28. The standard InChI is InChI=1S/C14H25NO/c1-11(2)12-9-13(10-12)15-6-3-14(4-7-15)5-8-16-14/h11-13H,3-10H2,1-2H3. The van der Waals surface area contributed by atoms with E-state index in [0.717, 1.165) is 24.5 Å². The number of nitrogens with zero attached hydrogens (tertiary/aromatic N) is 1. The lowest BCUT2D eigenvalue weighted by atomic mass is 9.72. The first-order valence-corrected chi connectivity index (χ1v) is 7.07. The van der Waals surface area contributed by atoms with E-state index >= 15 is 0 Å². The van der Waals surface area contributed by atoms with Gasteiger partial charge in [-0.15, -0.1) is 0 Å². The van der Waals surface area contributed by atoms with Crippen LogP contribution in [0.4, 0.5) is 0 Å². The van der Waals surface area contributed by atoms with Gasteiger partial charge >= 0.3 is 0 Å². The van der Waals surface area contributed by atoms with Crippen LogP contribution in [0.25, 0.3) is 0 Å². The molecule has 1 aliphatic carbocycles. The number of piperidine rings is 1. The highest BCUT2D eigenvalue weighted by Gasteiger charge is 2.44. The SMILES string of the molecule is CC(C)C1CC(N2CCC3(CCO3)CC2)C1. The predicted octanol–water partition coefficient (Wildman–Crippen LogP) is 2.68. The van der Waals surface area contributed by atoms with Crippen LogP contribution < -0.4 is 0 Å². The molecular formula is C14H25NO. The fourth-order valence-corrected chi connectivity index (χ4v) is 3.55. The van der Waals surface area contributed by atoms with Crippen molar-refractivity contribution in [1.82, 2.24) is 4.90 Å². The van der Waals surface area contributed by atoms with Crippen LogP contribution in [-0.4, -0.2) is 36.2 Å². The molecule has 0 N–H and O–H groups in total. The topological polar surface area (TPSA) is 12.5 Å². The highest BCUT2D eigenvalue weighted by Crippen LogP contribution is 2.42. The van der Waals surface area contributed by atoms with Gasteiger partial charge in [-0.2, -0.15) is 0 Å². The van der Waals surface area contributed by atoms with Gasteiger partial charge in [-0.25, -0.2) is 0 Å². The molecule has 2 heterocycles. The van der Waals surface area contributed by atoms with Gasteiger partial charge in [0.15, 0.2) is 0 Å². The van der Waals surface area contributed by atoms with Crippen molar-refractivity contribution in [3.63, 3.8) is 0 Å². The summed E-state index contributed by atoms with van der Waals surface area (Å²) in [7, 11) is 0. The zero-order valence-corrected chi connectivity index (χ0v) is 10.7. The molecule has 2 saturated heterocycles. The van der Waals surface area contributed by atoms with E-state index in [1.807, 2.05) is 0 Å². The average Bonchev–Trinajstić information content (AvgIpc) is 2.13. The second-order valence-corrected chi connectivity index (χ2v) is 6.45. The molecular weight excluding hydrogens is 198 g/mol. The van der Waals surface area contributed by atoms with Gasteiger partial charge in [0.05, 0.1) is 12.2 Å². The van der Waals surface area contributed by atoms with Crippen LogP contribution in [-0.2, 0) is 4.74 Å². The number of hydrogen-bond donors (Lipinski definition) is 0. The van der Waals surface area contributed by atoms with Crippen LogP contribution in [0.2, 0.25) is 0 Å². The molecule has 92 valence electrons. The van der Waals surface area contributed by atoms with E-state index in [1.165, 1.54) is 45.2 Å². The molecule has 1 saturated carbocycles. The van der Waals surface area contributed by atoms with Crippen molar-refractivity contribution < 1.29 is 4.74 Å². The van der Waals surface area contributed by atoms with Crippen LogP contribution in [0.1, 0.15) is 46.0 Å². The summed E-state index contributed by atoms with van der Waals surface area (Å²) in [5.74, 6) is 1.89. The molecule has 0 aromatic rings. The molecule has 2 nitrogen and oxygen atoms in total. The van der Waals surface area contributed by atoms with E-state index in [9.17, 15) is 0 Å². The molecule has 0 aromatic carbocycles. The molecule has 0 radical (unpaired) electrons. The van der Waals surface area contributed by atoms with Gasteiger partial charge in [0.25, 0.3) is 0 Å². The van der Waals surface area contributed by atoms with Gasteiger partial charge in [-0.3, -0.25) is 0 Å². The lowest BCUT2D eigenvalue weighted by molar-refractivity contribution is -0.178. The molecule has 0 bridgehead atoms. The van der Waals surface area contributed by atoms with E-state index < -0.39 is 0 Å². The van der Waals surface area contributed by atoms with E-state index in [0.29, 0.717) is 5.60 Å². The lowest BCUT2D eigenvalue weighted by Gasteiger charge is -2.52. The van der Waals surface area contributed by atoms with Crippen LogP contribution in [0, 0.1) is 11.8 Å². The van der Waals surface area contributed by atoms with Gasteiger partial charge < -0.3 is 9.64 Å². The second kappa shape index (κ2) is 3.99. The van der Waals surface area contributed by atoms with Gasteiger partial charge in [-0.05, 0) is 43.9 Å². The van der Waals surface area contributed by atoms with E-state index in [2.05, 4.69) is 18.7 Å². The third-order valence-electron chi connectivity index (χ3n) is 5.28. The molecule has 2 heteroatoms. The molecule has 2 aliphatic heterocycles. The average molecular weight is 223 g/mol. The number of hydrogen-bond acceptors (Lipinski definition) is 2. The Labute approximate surface area is 99.3 Å². The Balaban J connectivity index is 1.45. The largest absolute Gasteiger partial charge is 0.375 e. The van der Waals surface area contributed by atoms with E-state index in [-0.39, 0.29) is 0 Å². The summed E-state index contributed by atoms with van der Waals surface area (Å²) in [4.78, 5) is 2.73. The monoisotopic (exact) mass is 223 g/mol. The molecule has 0 aromatic heterocycles. The fraction of sp³-hybridized carbons (Fsp3) is 1.00. The summed E-state index contributed by atoms with van der Waals surface area (Å²) in [6.07, 6.45) is 6.79. The van der Waals surface area contributed by atoms with Gasteiger partial charge in [0.2, 0.25) is 0 Å². The summed E-state index contributed by atoms with van der Waals surface area (Å²) < 4.78 is 5.77. The minimum Gasteiger partial charge on any atom is -0.375 e. The molecule has 0 unspecified atom stereocenters. The summed E-state index contributed by atoms with van der Waals surface area (Å²) >= 11 is 0. The maximum absolute atomic E-state index is 5.77. The van der Waals surface area contributed by atoms with Crippen molar-refractivity contribution in [2.24, 2.45) is 11.8 Å². The number of ether oxygens (including phenoxy) is 1. The van der Waals surface area contributed by atoms with Crippen molar-refractivity contribution in [1.29, 1.82) is 0 Å². The first-order chi connectivity index (χ1) is 7.69. The minimum absolute atomic E-state index is 0.331. The smallest absolute Gasteiger partial charge is 0.0728 e. The lowest BCUT2D eigenvalue weighted by Crippen LogP contribution is -2.56. The first kappa shape index (κ1) is 11.0. The van der Waals surface area contributed by atoms with Crippen LogP contribution >= 0.6 is 0 Å². The quantitative estimate of drug-likeness (QED) is 0.713. The van der Waals surface area contributed by atoms with Crippen molar-refractivity contribution in [3.8, 4) is 0 Å². The highest BCUT2D eigenvalue weighted by molar-refractivity contribution is 4.97. The third kappa shape index (κ3) is 1.80. The van der Waals surface area contributed by atoms with Gasteiger partial charge in [0, 0.05) is 19.1 Å². The predicted molar refractivity (Wildman–Crippen MR) is 65.5 cm³/mol. The van der Waals surface area contributed by atoms with Crippen molar-refractivity contribution in [3.05, 3.63) is 0 Å². The van der Waals surface area contributed by atoms with E-state index in [4.69, 9.17) is 4.74 Å². The summed E-state index contributed by atoms with van der Waals surface area (Å²) in [5.41, 5.74) is 0.331.